The minimum Gasteiger partial charge on any atom is -0.376 e. The van der Waals surface area contributed by atoms with Gasteiger partial charge in [-0.25, -0.2) is 5.01 Å². The van der Waals surface area contributed by atoms with Gasteiger partial charge in [0.25, 0.3) is 5.91 Å². The van der Waals surface area contributed by atoms with Crippen molar-refractivity contribution in [3.63, 3.8) is 0 Å². The van der Waals surface area contributed by atoms with Crippen LogP contribution >= 0.6 is 11.6 Å². The van der Waals surface area contributed by atoms with Gasteiger partial charge in [0.05, 0.1) is 17.1 Å². The van der Waals surface area contributed by atoms with E-state index < -0.39 is 0 Å². The molecule has 0 bridgehead atoms. The Morgan fingerprint density at radius 2 is 1.88 bits per heavy atom. The largest absolute Gasteiger partial charge is 0.376 e. The quantitative estimate of drug-likeness (QED) is 0.895. The first-order valence-electron chi connectivity index (χ1n) is 8.19. The number of nitrogens with zero attached hydrogens (tertiary/aromatic N) is 3. The fourth-order valence-corrected chi connectivity index (χ4v) is 2.85. The predicted molar refractivity (Wildman–Crippen MR) is 105 cm³/mol. The molecule has 1 aliphatic rings. The van der Waals surface area contributed by atoms with Gasteiger partial charge in [-0.15, -0.1) is 0 Å². The number of nitrogens with one attached hydrogen (secondary N) is 1. The van der Waals surface area contributed by atoms with Crippen LogP contribution in [-0.2, 0) is 9.59 Å². The van der Waals surface area contributed by atoms with E-state index in [4.69, 9.17) is 11.6 Å². The van der Waals surface area contributed by atoms with Crippen LogP contribution in [0.5, 0.6) is 0 Å². The minimum atomic E-state index is -0.344. The van der Waals surface area contributed by atoms with Crippen molar-refractivity contribution in [3.8, 4) is 0 Å². The lowest BCUT2D eigenvalue weighted by Crippen LogP contribution is -2.36. The van der Waals surface area contributed by atoms with E-state index in [-0.39, 0.29) is 18.2 Å². The standard InChI is InChI=1S/C19H19ClN4O2/c1-23(2)17-10-8-13(20)12-16(17)21-19(26)15-9-11-18(25)24(22-15)14-6-4-3-5-7-14/h3-8,10,12H,9,11H2,1-2H3,(H,21,26). The Bertz CT molecular complexity index is 865. The normalized spacial score (nSPS) is 14.0. The molecule has 0 aliphatic carbocycles. The molecule has 7 heteroatoms. The second-order valence-electron chi connectivity index (χ2n) is 6.10. The van der Waals surface area contributed by atoms with Gasteiger partial charge in [0.1, 0.15) is 5.71 Å². The van der Waals surface area contributed by atoms with Crippen molar-refractivity contribution in [1.82, 2.24) is 0 Å². The number of hydrogen-bond donors (Lipinski definition) is 1. The molecule has 2 aromatic rings. The highest BCUT2D eigenvalue weighted by Crippen LogP contribution is 2.28. The van der Waals surface area contributed by atoms with Crippen LogP contribution in [0.15, 0.2) is 53.6 Å². The Labute approximate surface area is 157 Å². The Morgan fingerprint density at radius 3 is 2.58 bits per heavy atom. The van der Waals surface area contributed by atoms with Crippen LogP contribution in [0.3, 0.4) is 0 Å². The van der Waals surface area contributed by atoms with E-state index >= 15 is 0 Å². The van der Waals surface area contributed by atoms with Crippen LogP contribution in [0.4, 0.5) is 17.1 Å². The second kappa shape index (κ2) is 7.58. The number of carbonyl (C=O) groups excluding carboxylic acids is 2. The Balaban J connectivity index is 1.86. The van der Waals surface area contributed by atoms with Crippen LogP contribution in [0.25, 0.3) is 0 Å². The number of anilines is 3. The molecule has 26 heavy (non-hydrogen) atoms. The average Bonchev–Trinajstić information content (AvgIpc) is 2.62. The summed E-state index contributed by atoms with van der Waals surface area (Å²) in [5.41, 5.74) is 2.37. The summed E-state index contributed by atoms with van der Waals surface area (Å²) in [5.74, 6) is -0.478. The zero-order valence-corrected chi connectivity index (χ0v) is 15.3. The zero-order chi connectivity index (χ0) is 18.7. The van der Waals surface area contributed by atoms with Crippen LogP contribution in [0.2, 0.25) is 5.02 Å². The SMILES string of the molecule is CN(C)c1ccc(Cl)cc1NC(=O)C1=NN(c2ccccc2)C(=O)CC1. The van der Waals surface area contributed by atoms with Crippen LogP contribution < -0.4 is 15.2 Å². The smallest absolute Gasteiger partial charge is 0.271 e. The van der Waals surface area contributed by atoms with E-state index in [0.29, 0.717) is 28.5 Å². The van der Waals surface area contributed by atoms with Crippen LogP contribution in [0, 0.1) is 0 Å². The molecule has 1 N–H and O–H groups in total. The van der Waals surface area contributed by atoms with Gasteiger partial charge in [0.15, 0.2) is 0 Å². The van der Waals surface area contributed by atoms with Gasteiger partial charge >= 0.3 is 0 Å². The third-order valence-corrected chi connectivity index (χ3v) is 4.22. The Morgan fingerprint density at radius 1 is 1.15 bits per heavy atom. The van der Waals surface area contributed by atoms with Crippen molar-refractivity contribution in [2.75, 3.05) is 29.3 Å². The van der Waals surface area contributed by atoms with Gasteiger partial charge in [-0.05, 0) is 30.3 Å². The summed E-state index contributed by atoms with van der Waals surface area (Å²) in [7, 11) is 3.76. The summed E-state index contributed by atoms with van der Waals surface area (Å²) >= 11 is 6.06. The molecule has 0 atom stereocenters. The number of hydrazone groups is 1. The Hall–Kier alpha value is -2.86. The topological polar surface area (TPSA) is 65.0 Å². The first-order valence-corrected chi connectivity index (χ1v) is 8.57. The molecule has 2 aromatic carbocycles. The molecule has 0 saturated heterocycles. The summed E-state index contributed by atoms with van der Waals surface area (Å²) in [5, 5.41) is 8.93. The first-order chi connectivity index (χ1) is 12.5. The van der Waals surface area contributed by atoms with Crippen molar-refractivity contribution < 1.29 is 9.59 Å². The average molecular weight is 371 g/mol. The summed E-state index contributed by atoms with van der Waals surface area (Å²) in [4.78, 5) is 26.8. The van der Waals surface area contributed by atoms with Crippen molar-refractivity contribution in [2.24, 2.45) is 5.10 Å². The maximum absolute atomic E-state index is 12.7. The monoisotopic (exact) mass is 370 g/mol. The summed E-state index contributed by atoms with van der Waals surface area (Å²) in [6.07, 6.45) is 0.531. The number of benzene rings is 2. The molecule has 3 rings (SSSR count). The van der Waals surface area contributed by atoms with Crippen LogP contribution in [-0.4, -0.2) is 31.6 Å². The van der Waals surface area contributed by atoms with Crippen molar-refractivity contribution in [1.29, 1.82) is 0 Å². The number of halogens is 1. The molecule has 1 aliphatic heterocycles. The lowest BCUT2D eigenvalue weighted by Gasteiger charge is -2.24. The van der Waals surface area contributed by atoms with Gasteiger partial charge in [-0.2, -0.15) is 5.10 Å². The highest BCUT2D eigenvalue weighted by atomic mass is 35.5. The van der Waals surface area contributed by atoms with E-state index in [1.165, 1.54) is 5.01 Å². The minimum absolute atomic E-state index is 0.135. The van der Waals surface area contributed by atoms with Gasteiger partial charge in [-0.3, -0.25) is 9.59 Å². The number of carbonyl (C=O) groups is 2. The maximum atomic E-state index is 12.7. The highest BCUT2D eigenvalue weighted by Gasteiger charge is 2.26. The van der Waals surface area contributed by atoms with Gasteiger partial charge < -0.3 is 10.2 Å². The van der Waals surface area contributed by atoms with E-state index in [2.05, 4.69) is 10.4 Å². The molecule has 1 heterocycles. The van der Waals surface area contributed by atoms with Gasteiger partial charge in [0, 0.05) is 32.0 Å². The van der Waals surface area contributed by atoms with Gasteiger partial charge in [0.2, 0.25) is 5.91 Å². The zero-order valence-electron chi connectivity index (χ0n) is 14.6. The van der Waals surface area contributed by atoms with Crippen LogP contribution in [0.1, 0.15) is 12.8 Å². The fourth-order valence-electron chi connectivity index (χ4n) is 2.68. The van der Waals surface area contributed by atoms with Crippen molar-refractivity contribution in [3.05, 3.63) is 53.6 Å². The number of amides is 2. The molecule has 134 valence electrons. The highest BCUT2D eigenvalue weighted by molar-refractivity contribution is 6.44. The second-order valence-corrected chi connectivity index (χ2v) is 6.53. The first kappa shape index (κ1) is 17.9. The molecule has 0 aromatic heterocycles. The summed E-state index contributed by atoms with van der Waals surface area (Å²) in [6, 6.07) is 14.4. The maximum Gasteiger partial charge on any atom is 0.271 e. The van der Waals surface area contributed by atoms with E-state index in [1.54, 1.807) is 24.3 Å². The van der Waals surface area contributed by atoms with Crippen molar-refractivity contribution >= 4 is 46.2 Å². The molecule has 6 nitrogen and oxygen atoms in total. The molecule has 0 unspecified atom stereocenters. The molecule has 0 saturated carbocycles. The molecule has 0 spiro atoms. The Kier molecular flexibility index (Phi) is 5.23. The lowest BCUT2D eigenvalue weighted by molar-refractivity contribution is -0.118. The summed E-state index contributed by atoms with van der Waals surface area (Å²) < 4.78 is 0. The molecule has 0 radical (unpaired) electrons. The number of hydrogen-bond acceptors (Lipinski definition) is 4. The number of para-hydroxylation sites is 1. The summed E-state index contributed by atoms with van der Waals surface area (Å²) in [6.45, 7) is 0. The van der Waals surface area contributed by atoms with E-state index in [1.807, 2.05) is 43.3 Å². The third kappa shape index (κ3) is 3.86. The number of rotatable bonds is 4. The lowest BCUT2D eigenvalue weighted by atomic mass is 10.1. The van der Waals surface area contributed by atoms with E-state index in [9.17, 15) is 9.59 Å². The molecule has 0 fully saturated rings. The third-order valence-electron chi connectivity index (χ3n) is 3.98. The fraction of sp³-hybridized carbons (Fsp3) is 0.211. The van der Waals surface area contributed by atoms with Crippen molar-refractivity contribution in [2.45, 2.75) is 12.8 Å². The predicted octanol–water partition coefficient (Wildman–Crippen LogP) is 3.53. The molecular formula is C19H19ClN4O2. The molecule has 2 amide bonds. The van der Waals surface area contributed by atoms with E-state index in [0.717, 1.165) is 5.69 Å². The molecular weight excluding hydrogens is 352 g/mol. The van der Waals surface area contributed by atoms with Gasteiger partial charge in [-0.1, -0.05) is 29.8 Å².